The molecule has 6 nitrogen and oxygen atoms in total. The summed E-state index contributed by atoms with van der Waals surface area (Å²) in [4.78, 5) is 27.5. The van der Waals surface area contributed by atoms with E-state index in [1.807, 2.05) is 23.1 Å². The number of ether oxygens (including phenoxy) is 1. The second-order valence-corrected chi connectivity index (χ2v) is 9.41. The SMILES string of the molecule is COCCc1ccc(Cl)c(CN(C(=O)C2CNCC[C@]2(O)c2ccccc2C=O)C2CC2)c1. The van der Waals surface area contributed by atoms with Crippen LogP contribution in [0.4, 0.5) is 0 Å². The summed E-state index contributed by atoms with van der Waals surface area (Å²) in [6, 6.07) is 13.0. The van der Waals surface area contributed by atoms with Crippen LogP contribution < -0.4 is 5.32 Å². The predicted molar refractivity (Wildman–Crippen MR) is 127 cm³/mol. The van der Waals surface area contributed by atoms with Crippen LogP contribution >= 0.6 is 11.6 Å². The number of carbonyl (C=O) groups excluding carboxylic acids is 2. The van der Waals surface area contributed by atoms with Crippen LogP contribution in [0.3, 0.4) is 0 Å². The van der Waals surface area contributed by atoms with Crippen LogP contribution in [-0.2, 0) is 28.1 Å². The van der Waals surface area contributed by atoms with Gasteiger partial charge in [0.1, 0.15) is 11.9 Å². The molecule has 1 aliphatic heterocycles. The Morgan fingerprint density at radius 3 is 2.82 bits per heavy atom. The molecule has 1 aliphatic carbocycles. The van der Waals surface area contributed by atoms with Gasteiger partial charge in [-0.3, -0.25) is 9.59 Å². The smallest absolute Gasteiger partial charge is 0.230 e. The highest BCUT2D eigenvalue weighted by Gasteiger charge is 2.49. The largest absolute Gasteiger partial charge is 0.384 e. The molecule has 0 aromatic heterocycles. The Morgan fingerprint density at radius 2 is 2.09 bits per heavy atom. The monoisotopic (exact) mass is 470 g/mol. The Bertz CT molecular complexity index is 1010. The fraction of sp³-hybridized carbons (Fsp3) is 0.462. The van der Waals surface area contributed by atoms with Gasteiger partial charge in [0, 0.05) is 36.8 Å². The summed E-state index contributed by atoms with van der Waals surface area (Å²) in [5.41, 5.74) is 1.54. The van der Waals surface area contributed by atoms with Crippen molar-refractivity contribution in [3.05, 3.63) is 69.7 Å². The molecule has 2 aromatic rings. The molecule has 2 fully saturated rings. The maximum atomic E-state index is 13.9. The molecule has 1 saturated heterocycles. The molecule has 1 amide bonds. The number of hydrogen-bond donors (Lipinski definition) is 2. The Balaban J connectivity index is 1.63. The molecule has 1 unspecified atom stereocenters. The van der Waals surface area contributed by atoms with Gasteiger partial charge in [-0.05, 0) is 55.0 Å². The zero-order valence-corrected chi connectivity index (χ0v) is 19.7. The van der Waals surface area contributed by atoms with E-state index in [2.05, 4.69) is 5.32 Å². The number of carbonyl (C=O) groups is 2. The third kappa shape index (κ3) is 5.14. The van der Waals surface area contributed by atoms with Crippen molar-refractivity contribution in [1.82, 2.24) is 10.2 Å². The lowest BCUT2D eigenvalue weighted by Gasteiger charge is -2.42. The summed E-state index contributed by atoms with van der Waals surface area (Å²) >= 11 is 6.51. The molecule has 2 aromatic carbocycles. The predicted octanol–water partition coefficient (Wildman–Crippen LogP) is 3.33. The fourth-order valence-electron chi connectivity index (χ4n) is 4.76. The van der Waals surface area contributed by atoms with Crippen molar-refractivity contribution in [3.8, 4) is 0 Å². The Labute approximate surface area is 199 Å². The first-order valence-electron chi connectivity index (χ1n) is 11.5. The lowest BCUT2D eigenvalue weighted by atomic mass is 9.74. The Morgan fingerprint density at radius 1 is 1.30 bits per heavy atom. The van der Waals surface area contributed by atoms with Crippen molar-refractivity contribution in [2.24, 2.45) is 5.92 Å². The molecule has 0 radical (unpaired) electrons. The zero-order chi connectivity index (χ0) is 23.4. The number of halogens is 1. The van der Waals surface area contributed by atoms with E-state index in [-0.39, 0.29) is 11.9 Å². The van der Waals surface area contributed by atoms with Gasteiger partial charge in [0.05, 0.1) is 12.5 Å². The van der Waals surface area contributed by atoms with E-state index in [9.17, 15) is 14.7 Å². The van der Waals surface area contributed by atoms with Crippen molar-refractivity contribution in [1.29, 1.82) is 0 Å². The molecule has 4 rings (SSSR count). The summed E-state index contributed by atoms with van der Waals surface area (Å²) in [5.74, 6) is -0.797. The van der Waals surface area contributed by atoms with Crippen LogP contribution in [0.25, 0.3) is 0 Å². The third-order valence-corrected chi connectivity index (χ3v) is 7.15. The number of methoxy groups -OCH3 is 1. The number of aldehydes is 1. The molecule has 176 valence electrons. The molecule has 1 heterocycles. The molecule has 1 saturated carbocycles. The first kappa shape index (κ1) is 23.9. The first-order chi connectivity index (χ1) is 16.0. The maximum Gasteiger partial charge on any atom is 0.230 e. The molecule has 2 aliphatic rings. The number of hydrogen-bond acceptors (Lipinski definition) is 5. The molecule has 2 N–H and O–H groups in total. The summed E-state index contributed by atoms with van der Waals surface area (Å²) in [6.45, 7) is 1.94. The van der Waals surface area contributed by atoms with Crippen molar-refractivity contribution >= 4 is 23.8 Å². The number of aliphatic hydroxyl groups is 1. The van der Waals surface area contributed by atoms with Crippen LogP contribution in [-0.4, -0.2) is 55.0 Å². The highest BCUT2D eigenvalue weighted by Crippen LogP contribution is 2.40. The molecular formula is C26H31ClN2O4. The minimum Gasteiger partial charge on any atom is -0.384 e. The second-order valence-electron chi connectivity index (χ2n) is 9.00. The number of nitrogens with zero attached hydrogens (tertiary/aromatic N) is 1. The van der Waals surface area contributed by atoms with Crippen molar-refractivity contribution in [2.75, 3.05) is 26.8 Å². The van der Waals surface area contributed by atoms with Gasteiger partial charge in [-0.1, -0.05) is 48.0 Å². The lowest BCUT2D eigenvalue weighted by molar-refractivity contribution is -0.150. The number of nitrogens with one attached hydrogen (secondary N) is 1. The van der Waals surface area contributed by atoms with E-state index < -0.39 is 11.5 Å². The zero-order valence-electron chi connectivity index (χ0n) is 18.9. The van der Waals surface area contributed by atoms with Gasteiger partial charge in [0.15, 0.2) is 0 Å². The maximum absolute atomic E-state index is 13.9. The Hall–Kier alpha value is -2.25. The minimum absolute atomic E-state index is 0.105. The van der Waals surface area contributed by atoms with Crippen molar-refractivity contribution in [2.45, 2.75) is 43.9 Å². The van der Waals surface area contributed by atoms with E-state index in [1.165, 1.54) is 0 Å². The molecular weight excluding hydrogens is 440 g/mol. The van der Waals surface area contributed by atoms with E-state index in [0.29, 0.717) is 48.8 Å². The van der Waals surface area contributed by atoms with Gasteiger partial charge < -0.3 is 20.1 Å². The van der Waals surface area contributed by atoms with Crippen LogP contribution in [0.5, 0.6) is 0 Å². The second kappa shape index (κ2) is 10.3. The lowest BCUT2D eigenvalue weighted by Crippen LogP contribution is -2.55. The summed E-state index contributed by atoms with van der Waals surface area (Å²) in [7, 11) is 1.67. The van der Waals surface area contributed by atoms with Gasteiger partial charge in [-0.25, -0.2) is 0 Å². The molecule has 0 spiro atoms. The normalized spacial score (nSPS) is 22.7. The molecule has 7 heteroatoms. The van der Waals surface area contributed by atoms with Gasteiger partial charge >= 0.3 is 0 Å². The first-order valence-corrected chi connectivity index (χ1v) is 11.9. The minimum atomic E-state index is -1.41. The van der Waals surface area contributed by atoms with Crippen LogP contribution in [0, 0.1) is 5.92 Å². The topological polar surface area (TPSA) is 78.9 Å². The average molecular weight is 471 g/mol. The fourth-order valence-corrected chi connectivity index (χ4v) is 4.94. The van der Waals surface area contributed by atoms with Crippen LogP contribution in [0.1, 0.15) is 46.3 Å². The Kier molecular flexibility index (Phi) is 7.49. The molecule has 33 heavy (non-hydrogen) atoms. The van der Waals surface area contributed by atoms with Gasteiger partial charge in [-0.15, -0.1) is 0 Å². The summed E-state index contributed by atoms with van der Waals surface area (Å²) in [6.07, 6.45) is 3.76. The van der Waals surface area contributed by atoms with Gasteiger partial charge in [0.25, 0.3) is 0 Å². The summed E-state index contributed by atoms with van der Waals surface area (Å²) in [5, 5.41) is 15.7. The number of rotatable bonds is 9. The number of amides is 1. The van der Waals surface area contributed by atoms with E-state index in [0.717, 1.165) is 36.7 Å². The van der Waals surface area contributed by atoms with E-state index in [4.69, 9.17) is 16.3 Å². The quantitative estimate of drug-likeness (QED) is 0.549. The standard InChI is InChI=1S/C26H31ClN2O4/c1-33-13-10-18-6-9-24(27)20(14-18)16-29(21-7-8-21)25(31)23-15-28-12-11-26(23,32)22-5-3-2-4-19(22)17-30/h2-6,9,14,17,21,23,28,32H,7-8,10-13,15-16H2,1H3/t23?,26-/m0/s1. The average Bonchev–Trinajstić information content (AvgIpc) is 3.68. The van der Waals surface area contributed by atoms with Crippen molar-refractivity contribution < 1.29 is 19.4 Å². The summed E-state index contributed by atoms with van der Waals surface area (Å²) < 4.78 is 5.19. The highest BCUT2D eigenvalue weighted by molar-refractivity contribution is 6.31. The molecule has 0 bridgehead atoms. The number of piperidine rings is 1. The van der Waals surface area contributed by atoms with Crippen LogP contribution in [0.15, 0.2) is 42.5 Å². The molecule has 2 atom stereocenters. The van der Waals surface area contributed by atoms with E-state index >= 15 is 0 Å². The third-order valence-electron chi connectivity index (χ3n) is 6.78. The highest BCUT2D eigenvalue weighted by atomic mass is 35.5. The number of benzene rings is 2. The van der Waals surface area contributed by atoms with Crippen molar-refractivity contribution in [3.63, 3.8) is 0 Å². The van der Waals surface area contributed by atoms with E-state index in [1.54, 1.807) is 31.4 Å². The van der Waals surface area contributed by atoms with Gasteiger partial charge in [0.2, 0.25) is 5.91 Å². The van der Waals surface area contributed by atoms with Crippen LogP contribution in [0.2, 0.25) is 5.02 Å². The van der Waals surface area contributed by atoms with Gasteiger partial charge in [-0.2, -0.15) is 0 Å².